The van der Waals surface area contributed by atoms with Crippen LogP contribution < -0.4 is 14.8 Å². The van der Waals surface area contributed by atoms with Crippen molar-refractivity contribution in [2.45, 2.75) is 37.5 Å². The average Bonchev–Trinajstić information content (AvgIpc) is 3.19. The quantitative estimate of drug-likeness (QED) is 0.486. The first-order chi connectivity index (χ1) is 14.8. The van der Waals surface area contributed by atoms with Crippen molar-refractivity contribution in [3.05, 3.63) is 65.2 Å². The summed E-state index contributed by atoms with van der Waals surface area (Å²) in [7, 11) is -2.23. The lowest BCUT2D eigenvalue weighted by Gasteiger charge is -2.08. The van der Waals surface area contributed by atoms with Gasteiger partial charge in [-0.05, 0) is 54.3 Å². The van der Waals surface area contributed by atoms with E-state index in [1.54, 1.807) is 17.5 Å². The van der Waals surface area contributed by atoms with E-state index >= 15 is 0 Å². The molecule has 0 aliphatic carbocycles. The number of sulfonamides is 1. The van der Waals surface area contributed by atoms with Crippen LogP contribution in [-0.4, -0.2) is 26.4 Å². The van der Waals surface area contributed by atoms with Gasteiger partial charge in [-0.2, -0.15) is 0 Å². The molecule has 3 aromatic rings. The van der Waals surface area contributed by atoms with Crippen LogP contribution in [0.3, 0.4) is 0 Å². The first-order valence-electron chi connectivity index (χ1n) is 9.78. The first-order valence-corrected chi connectivity index (χ1v) is 12.1. The van der Waals surface area contributed by atoms with Crippen molar-refractivity contribution in [1.82, 2.24) is 4.98 Å². The molecule has 2 N–H and O–H groups in total. The van der Waals surface area contributed by atoms with Crippen molar-refractivity contribution < 1.29 is 17.9 Å². The van der Waals surface area contributed by atoms with Crippen LogP contribution in [0.4, 0.5) is 10.8 Å². The number of benzene rings is 2. The molecule has 0 unspecified atom stereocenters. The molecule has 1 heterocycles. The van der Waals surface area contributed by atoms with Crippen molar-refractivity contribution in [2.75, 3.05) is 17.1 Å². The summed E-state index contributed by atoms with van der Waals surface area (Å²) in [6.07, 6.45) is 0.664. The zero-order valence-electron chi connectivity index (χ0n) is 17.6. The van der Waals surface area contributed by atoms with Gasteiger partial charge >= 0.3 is 0 Å². The summed E-state index contributed by atoms with van der Waals surface area (Å²) >= 11 is 1.18. The number of amides is 1. The maximum Gasteiger partial charge on any atom is 0.263 e. The molecule has 1 aromatic heterocycles. The molecule has 1 amide bonds. The number of aromatic nitrogens is 1. The number of methoxy groups -OCH3 is 1. The molecule has 0 aliphatic heterocycles. The smallest absolute Gasteiger partial charge is 0.263 e. The van der Waals surface area contributed by atoms with Gasteiger partial charge in [0.15, 0.2) is 5.13 Å². The van der Waals surface area contributed by atoms with Gasteiger partial charge in [-0.1, -0.05) is 26.0 Å². The molecular weight excluding hydrogens is 434 g/mol. The molecule has 9 heteroatoms. The highest BCUT2D eigenvalue weighted by molar-refractivity contribution is 7.93. The molecule has 0 saturated heterocycles. The largest absolute Gasteiger partial charge is 0.497 e. The van der Waals surface area contributed by atoms with Crippen LogP contribution in [0, 0.1) is 0 Å². The van der Waals surface area contributed by atoms with Gasteiger partial charge < -0.3 is 10.1 Å². The number of carbonyl (C=O) groups excluding carboxylic acids is 1. The zero-order chi connectivity index (χ0) is 22.4. The van der Waals surface area contributed by atoms with E-state index in [9.17, 15) is 13.2 Å². The number of hydrogen-bond acceptors (Lipinski definition) is 6. The molecule has 31 heavy (non-hydrogen) atoms. The van der Waals surface area contributed by atoms with Gasteiger partial charge in [-0.15, -0.1) is 11.3 Å². The van der Waals surface area contributed by atoms with Crippen LogP contribution in [-0.2, 0) is 21.2 Å². The van der Waals surface area contributed by atoms with E-state index in [0.29, 0.717) is 23.8 Å². The van der Waals surface area contributed by atoms with Crippen molar-refractivity contribution in [3.63, 3.8) is 0 Å². The van der Waals surface area contributed by atoms with Gasteiger partial charge in [0.2, 0.25) is 5.91 Å². The number of ether oxygens (including phenoxy) is 1. The summed E-state index contributed by atoms with van der Waals surface area (Å²) in [5.74, 6) is 0.890. The Hall–Kier alpha value is -2.91. The number of thiazole rings is 1. The average molecular weight is 460 g/mol. The van der Waals surface area contributed by atoms with Gasteiger partial charge in [0.25, 0.3) is 10.0 Å². The van der Waals surface area contributed by atoms with Gasteiger partial charge in [-0.3, -0.25) is 9.52 Å². The van der Waals surface area contributed by atoms with Crippen LogP contribution in [0.5, 0.6) is 5.75 Å². The molecule has 164 valence electrons. The molecule has 3 rings (SSSR count). The van der Waals surface area contributed by atoms with Crippen LogP contribution in [0.15, 0.2) is 58.8 Å². The Balaban J connectivity index is 1.53. The first kappa shape index (κ1) is 22.8. The number of anilines is 2. The maximum atomic E-state index is 12.5. The summed E-state index contributed by atoms with van der Waals surface area (Å²) < 4.78 is 32.5. The number of hydrogen-bond donors (Lipinski definition) is 2. The van der Waals surface area contributed by atoms with Crippen LogP contribution in [0.1, 0.15) is 37.4 Å². The van der Waals surface area contributed by atoms with Crippen molar-refractivity contribution in [3.8, 4) is 5.75 Å². The highest BCUT2D eigenvalue weighted by atomic mass is 32.2. The van der Waals surface area contributed by atoms with E-state index in [0.717, 1.165) is 5.69 Å². The minimum atomic E-state index is -3.74. The van der Waals surface area contributed by atoms with Crippen LogP contribution in [0.25, 0.3) is 0 Å². The lowest BCUT2D eigenvalue weighted by Crippen LogP contribution is -2.13. The molecular formula is C22H25N3O4S2. The summed E-state index contributed by atoms with van der Waals surface area (Å²) in [5.41, 5.74) is 2.62. The van der Waals surface area contributed by atoms with Crippen molar-refractivity contribution in [1.29, 1.82) is 0 Å². The molecule has 0 bridgehead atoms. The number of nitrogens with one attached hydrogen (secondary N) is 2. The minimum Gasteiger partial charge on any atom is -0.497 e. The molecule has 0 aliphatic rings. The number of carbonyl (C=O) groups is 1. The van der Waals surface area contributed by atoms with Crippen molar-refractivity contribution in [2.24, 2.45) is 0 Å². The third-order valence-electron chi connectivity index (χ3n) is 4.61. The number of nitrogens with zero attached hydrogens (tertiary/aromatic N) is 1. The summed E-state index contributed by atoms with van der Waals surface area (Å²) in [6.45, 7) is 4.24. The Morgan fingerprint density at radius 3 is 2.39 bits per heavy atom. The highest BCUT2D eigenvalue weighted by Gasteiger charge is 2.16. The topological polar surface area (TPSA) is 97.4 Å². The predicted molar refractivity (Wildman–Crippen MR) is 123 cm³/mol. The maximum absolute atomic E-state index is 12.5. The molecule has 0 saturated carbocycles. The fourth-order valence-electron chi connectivity index (χ4n) is 2.81. The minimum absolute atomic E-state index is 0.118. The fourth-order valence-corrected chi connectivity index (χ4v) is 4.81. The van der Waals surface area contributed by atoms with E-state index in [1.807, 2.05) is 24.3 Å². The normalized spacial score (nSPS) is 11.4. The monoisotopic (exact) mass is 459 g/mol. The SMILES string of the molecule is COc1ccc(S(=O)(=O)Nc2nc(CCC(=O)Nc3ccc(C(C)C)cc3)cs2)cc1. The predicted octanol–water partition coefficient (Wildman–Crippen LogP) is 4.65. The standard InChI is InChI=1S/C22H25N3O4S2/c1-15(2)16-4-6-17(7-5-16)23-21(26)13-8-18-14-30-22(24-18)25-31(27,28)20-11-9-19(29-3)10-12-20/h4-7,9-12,14-15H,8,13H2,1-3H3,(H,23,26)(H,24,25). The van der Waals surface area contributed by atoms with Crippen molar-refractivity contribution >= 4 is 38.1 Å². The van der Waals surface area contributed by atoms with E-state index in [1.165, 1.54) is 36.1 Å². The molecule has 0 fully saturated rings. The Labute approximate surface area is 186 Å². The molecule has 2 aromatic carbocycles. The van der Waals surface area contributed by atoms with Gasteiger partial charge in [0, 0.05) is 17.5 Å². The lowest BCUT2D eigenvalue weighted by atomic mass is 10.0. The lowest BCUT2D eigenvalue weighted by molar-refractivity contribution is -0.116. The van der Waals surface area contributed by atoms with Crippen LogP contribution in [0.2, 0.25) is 0 Å². The van der Waals surface area contributed by atoms with E-state index in [2.05, 4.69) is 28.9 Å². The number of aryl methyl sites for hydroxylation is 1. The Morgan fingerprint density at radius 2 is 1.77 bits per heavy atom. The van der Waals surface area contributed by atoms with Gasteiger partial charge in [0.05, 0.1) is 17.7 Å². The highest BCUT2D eigenvalue weighted by Crippen LogP contribution is 2.23. The fraction of sp³-hybridized carbons (Fsp3) is 0.273. The Morgan fingerprint density at radius 1 is 1.10 bits per heavy atom. The second-order valence-electron chi connectivity index (χ2n) is 7.25. The summed E-state index contributed by atoms with van der Waals surface area (Å²) in [4.78, 5) is 16.6. The van der Waals surface area contributed by atoms with E-state index < -0.39 is 10.0 Å². The molecule has 0 atom stereocenters. The van der Waals surface area contributed by atoms with Gasteiger partial charge in [-0.25, -0.2) is 13.4 Å². The van der Waals surface area contributed by atoms with Crippen LogP contribution >= 0.6 is 11.3 Å². The van der Waals surface area contributed by atoms with E-state index in [4.69, 9.17) is 4.74 Å². The third kappa shape index (κ3) is 6.28. The molecule has 7 nitrogen and oxygen atoms in total. The zero-order valence-corrected chi connectivity index (χ0v) is 19.2. The van der Waals surface area contributed by atoms with E-state index in [-0.39, 0.29) is 22.4 Å². The number of rotatable bonds is 9. The molecule has 0 radical (unpaired) electrons. The summed E-state index contributed by atoms with van der Waals surface area (Å²) in [5, 5.41) is 4.88. The summed E-state index contributed by atoms with van der Waals surface area (Å²) in [6, 6.07) is 13.9. The second kappa shape index (κ2) is 9.93. The Bertz CT molecular complexity index is 1120. The molecule has 0 spiro atoms. The Kier molecular flexibility index (Phi) is 7.29. The van der Waals surface area contributed by atoms with Gasteiger partial charge in [0.1, 0.15) is 5.75 Å². The second-order valence-corrected chi connectivity index (χ2v) is 9.79. The third-order valence-corrected chi connectivity index (χ3v) is 6.90.